The van der Waals surface area contributed by atoms with Crippen LogP contribution in [0.1, 0.15) is 60.3 Å². The Morgan fingerprint density at radius 2 is 1.53 bits per heavy atom. The van der Waals surface area contributed by atoms with Gasteiger partial charge >= 0.3 is 0 Å². The van der Waals surface area contributed by atoms with Crippen molar-refractivity contribution in [3.05, 3.63) is 0 Å². The van der Waals surface area contributed by atoms with Crippen molar-refractivity contribution in [2.45, 2.75) is 60.3 Å². The first-order valence-corrected chi connectivity index (χ1v) is 7.11. The molecule has 0 aliphatic rings. The van der Waals surface area contributed by atoms with E-state index in [4.69, 9.17) is 0 Å². The highest BCUT2D eigenvalue weighted by atomic mass is 16.4. The van der Waals surface area contributed by atoms with E-state index in [1.54, 1.807) is 4.90 Å². The fourth-order valence-corrected chi connectivity index (χ4v) is 1.69. The summed E-state index contributed by atoms with van der Waals surface area (Å²) < 4.78 is 0. The van der Waals surface area contributed by atoms with Crippen LogP contribution in [0.15, 0.2) is 0 Å². The minimum Gasteiger partial charge on any atom is -0.550 e. The summed E-state index contributed by atoms with van der Waals surface area (Å²) in [6, 6.07) is 0. The molecule has 1 N–H and O–H groups in total. The van der Waals surface area contributed by atoms with Crippen LogP contribution in [0.4, 0.5) is 0 Å². The maximum atomic E-state index is 10.3. The van der Waals surface area contributed by atoms with Crippen LogP contribution in [0.2, 0.25) is 0 Å². The molecular formula is C14H31NO2. The second-order valence-corrected chi connectivity index (χ2v) is 4.38. The molecule has 0 amide bonds. The number of carbonyl (C=O) groups is 1. The molecule has 0 saturated heterocycles. The number of carboxylic acids is 1. The number of aliphatic carboxylic acids is 1. The van der Waals surface area contributed by atoms with Crippen LogP contribution >= 0.6 is 0 Å². The second kappa shape index (κ2) is 13.5. The number of unbranched alkanes of at least 4 members (excludes halogenated alkanes) is 1. The minimum atomic E-state index is -0.893. The molecule has 0 radical (unpaired) electrons. The minimum absolute atomic E-state index is 0.222. The fourth-order valence-electron chi connectivity index (χ4n) is 1.69. The first-order chi connectivity index (χ1) is 8.06. The lowest BCUT2D eigenvalue weighted by Gasteiger charge is -2.14. The van der Waals surface area contributed by atoms with Gasteiger partial charge in [-0.2, -0.15) is 0 Å². The molecule has 0 saturated carbocycles. The number of nitrogens with one attached hydrogen (secondary N) is 1. The Hall–Kier alpha value is -0.570. The van der Waals surface area contributed by atoms with Gasteiger partial charge in [0.2, 0.25) is 0 Å². The molecule has 1 atom stereocenters. The fraction of sp³-hybridized carbons (Fsp3) is 0.929. The summed E-state index contributed by atoms with van der Waals surface area (Å²) in [6.45, 7) is 14.4. The highest BCUT2D eigenvalue weighted by molar-refractivity contribution is 5.67. The number of hydrogen-bond donors (Lipinski definition) is 1. The lowest BCUT2D eigenvalue weighted by Crippen LogP contribution is -3.11. The summed E-state index contributed by atoms with van der Waals surface area (Å²) >= 11 is 0. The van der Waals surface area contributed by atoms with Crippen molar-refractivity contribution in [1.82, 2.24) is 0 Å². The summed E-state index contributed by atoms with van der Waals surface area (Å²) in [5.41, 5.74) is 0. The zero-order valence-corrected chi connectivity index (χ0v) is 12.3. The van der Waals surface area contributed by atoms with Crippen LogP contribution in [-0.4, -0.2) is 25.6 Å². The zero-order valence-electron chi connectivity index (χ0n) is 12.3. The molecular weight excluding hydrogens is 214 g/mol. The second-order valence-electron chi connectivity index (χ2n) is 4.38. The molecule has 1 unspecified atom stereocenters. The normalized spacial score (nSPS) is 11.9. The third-order valence-electron chi connectivity index (χ3n) is 3.23. The number of rotatable bonds is 8. The van der Waals surface area contributed by atoms with Gasteiger partial charge in [-0.1, -0.05) is 26.7 Å². The summed E-state index contributed by atoms with van der Waals surface area (Å²) in [7, 11) is 0. The van der Waals surface area contributed by atoms with E-state index in [-0.39, 0.29) is 5.92 Å². The maximum Gasteiger partial charge on any atom is 0.0742 e. The molecule has 0 rings (SSSR count). The van der Waals surface area contributed by atoms with Gasteiger partial charge in [-0.25, -0.2) is 0 Å². The van der Waals surface area contributed by atoms with Gasteiger partial charge in [0.1, 0.15) is 0 Å². The first kappa shape index (κ1) is 18.8. The van der Waals surface area contributed by atoms with Gasteiger partial charge in [-0.05, 0) is 39.5 Å². The number of carboxylic acid groups (broad SMARTS) is 1. The van der Waals surface area contributed by atoms with Crippen LogP contribution in [0.5, 0.6) is 0 Å². The van der Waals surface area contributed by atoms with Crippen LogP contribution < -0.4 is 10.0 Å². The van der Waals surface area contributed by atoms with Crippen molar-refractivity contribution in [1.29, 1.82) is 0 Å². The van der Waals surface area contributed by atoms with Crippen LogP contribution in [0.25, 0.3) is 0 Å². The summed E-state index contributed by atoms with van der Waals surface area (Å²) in [4.78, 5) is 12.0. The van der Waals surface area contributed by atoms with Crippen molar-refractivity contribution in [2.24, 2.45) is 5.92 Å². The monoisotopic (exact) mass is 245 g/mol. The molecule has 0 bridgehead atoms. The molecule has 0 spiro atoms. The summed E-state index contributed by atoms with van der Waals surface area (Å²) in [5.74, 6) is -1.11. The van der Waals surface area contributed by atoms with E-state index >= 15 is 0 Å². The number of quaternary nitrogens is 1. The highest BCUT2D eigenvalue weighted by Crippen LogP contribution is 2.10. The summed E-state index contributed by atoms with van der Waals surface area (Å²) in [5, 5.41) is 10.3. The Kier molecular flexibility index (Phi) is 14.9. The van der Waals surface area contributed by atoms with Gasteiger partial charge in [0, 0.05) is 5.97 Å². The molecule has 3 nitrogen and oxygen atoms in total. The largest absolute Gasteiger partial charge is 0.550 e. The third-order valence-corrected chi connectivity index (χ3v) is 3.23. The Bertz CT molecular complexity index is 162. The molecule has 104 valence electrons. The van der Waals surface area contributed by atoms with Gasteiger partial charge in [-0.3, -0.25) is 0 Å². The molecule has 0 aromatic heterocycles. The lowest BCUT2D eigenvalue weighted by atomic mass is 10.00. The SMILES string of the molecule is CCCCC(CC)C(=O)[O-].CC[NH+](CC)CC. The Balaban J connectivity index is 0. The van der Waals surface area contributed by atoms with Gasteiger partial charge < -0.3 is 14.8 Å². The van der Waals surface area contributed by atoms with Gasteiger partial charge in [0.25, 0.3) is 0 Å². The average molecular weight is 245 g/mol. The van der Waals surface area contributed by atoms with Gasteiger partial charge in [0.05, 0.1) is 19.6 Å². The molecule has 3 heteroatoms. The van der Waals surface area contributed by atoms with Crippen LogP contribution in [0, 0.1) is 5.92 Å². The van der Waals surface area contributed by atoms with Crippen molar-refractivity contribution >= 4 is 5.97 Å². The zero-order chi connectivity index (χ0) is 13.7. The van der Waals surface area contributed by atoms with E-state index in [2.05, 4.69) is 27.7 Å². The predicted octanol–water partition coefficient (Wildman–Crippen LogP) is 0.884. The van der Waals surface area contributed by atoms with E-state index in [0.29, 0.717) is 6.42 Å². The Morgan fingerprint density at radius 1 is 1.06 bits per heavy atom. The molecule has 0 aromatic rings. The van der Waals surface area contributed by atoms with Crippen molar-refractivity contribution in [3.63, 3.8) is 0 Å². The third kappa shape index (κ3) is 11.7. The number of carbonyl (C=O) groups excluding carboxylic acids is 1. The van der Waals surface area contributed by atoms with Crippen molar-refractivity contribution < 1.29 is 14.8 Å². The highest BCUT2D eigenvalue weighted by Gasteiger charge is 2.04. The Labute approximate surface area is 107 Å². The number of hydrogen-bond acceptors (Lipinski definition) is 2. The van der Waals surface area contributed by atoms with E-state index in [9.17, 15) is 9.90 Å². The smallest absolute Gasteiger partial charge is 0.0742 e. The van der Waals surface area contributed by atoms with E-state index < -0.39 is 5.97 Å². The van der Waals surface area contributed by atoms with Gasteiger partial charge in [-0.15, -0.1) is 0 Å². The molecule has 0 fully saturated rings. The lowest BCUT2D eigenvalue weighted by molar-refractivity contribution is -0.894. The molecule has 0 aliphatic heterocycles. The predicted molar refractivity (Wildman–Crippen MR) is 70.9 cm³/mol. The van der Waals surface area contributed by atoms with E-state index in [0.717, 1.165) is 19.3 Å². The van der Waals surface area contributed by atoms with Gasteiger partial charge in [0.15, 0.2) is 0 Å². The molecule has 17 heavy (non-hydrogen) atoms. The van der Waals surface area contributed by atoms with Crippen LogP contribution in [0.3, 0.4) is 0 Å². The topological polar surface area (TPSA) is 44.6 Å². The van der Waals surface area contributed by atoms with Crippen LogP contribution in [-0.2, 0) is 4.79 Å². The molecule has 0 aliphatic carbocycles. The van der Waals surface area contributed by atoms with E-state index in [1.807, 2.05) is 6.92 Å². The molecule has 0 heterocycles. The molecule has 0 aromatic carbocycles. The quantitative estimate of drug-likeness (QED) is 0.690. The van der Waals surface area contributed by atoms with E-state index in [1.165, 1.54) is 19.6 Å². The Morgan fingerprint density at radius 3 is 1.71 bits per heavy atom. The maximum absolute atomic E-state index is 10.3. The first-order valence-electron chi connectivity index (χ1n) is 7.11. The van der Waals surface area contributed by atoms with Crippen molar-refractivity contribution in [3.8, 4) is 0 Å². The summed E-state index contributed by atoms with van der Waals surface area (Å²) in [6.07, 6.45) is 3.52. The van der Waals surface area contributed by atoms with Crippen molar-refractivity contribution in [2.75, 3.05) is 19.6 Å². The standard InChI is InChI=1S/C8H16O2.C6H15N/c1-3-5-6-7(4-2)8(9)10;1-4-7(5-2)6-3/h7H,3-6H2,1-2H3,(H,9,10);4-6H2,1-3H3. The average Bonchev–Trinajstić information content (AvgIpc) is 2.33.